The topological polar surface area (TPSA) is 165 Å². The molecule has 5 rings (SSSR count). The van der Waals surface area contributed by atoms with Crippen molar-refractivity contribution in [1.29, 1.82) is 0 Å². The highest BCUT2D eigenvalue weighted by Crippen LogP contribution is 2.33. The van der Waals surface area contributed by atoms with Crippen LogP contribution < -0.4 is 4.90 Å². The number of anilines is 1. The molecule has 0 saturated carbocycles. The van der Waals surface area contributed by atoms with E-state index < -0.39 is 54.8 Å². The number of halogens is 1. The van der Waals surface area contributed by atoms with Crippen molar-refractivity contribution in [3.05, 3.63) is 60.5 Å². The SMILES string of the molecule is O=C([C@@H]1O[C@H](CO)[C@H](O)[C@H](n2cc(-c3cccc(F)c3)nn2)[C@H]1O)N1CCN(c2ccc(O)cc2)CC1CO. The number of aromatic nitrogens is 3. The lowest BCUT2D eigenvalue weighted by molar-refractivity contribution is -0.213. The third-order valence-corrected chi connectivity index (χ3v) is 7.26. The molecule has 3 heterocycles. The molecule has 2 saturated heterocycles. The van der Waals surface area contributed by atoms with Gasteiger partial charge in [-0.3, -0.25) is 4.79 Å². The van der Waals surface area contributed by atoms with Crippen molar-refractivity contribution >= 4 is 11.6 Å². The van der Waals surface area contributed by atoms with E-state index in [-0.39, 0.29) is 24.6 Å². The van der Waals surface area contributed by atoms with Crippen molar-refractivity contribution in [2.75, 3.05) is 37.7 Å². The lowest BCUT2D eigenvalue weighted by Gasteiger charge is -2.46. The smallest absolute Gasteiger partial charge is 0.254 e. The van der Waals surface area contributed by atoms with Crippen LogP contribution >= 0.6 is 0 Å². The molecule has 1 amide bonds. The molecule has 13 heteroatoms. The Hall–Kier alpha value is -3.62. The molecule has 0 radical (unpaired) electrons. The van der Waals surface area contributed by atoms with E-state index in [0.29, 0.717) is 18.7 Å². The summed E-state index contributed by atoms with van der Waals surface area (Å²) in [5.74, 6) is -0.948. The molecular weight excluding hydrogens is 513 g/mol. The number of hydrogen-bond donors (Lipinski definition) is 5. The molecule has 39 heavy (non-hydrogen) atoms. The number of nitrogens with zero attached hydrogens (tertiary/aromatic N) is 5. The fraction of sp³-hybridized carbons (Fsp3) is 0.423. The zero-order valence-electron chi connectivity index (χ0n) is 20.9. The van der Waals surface area contributed by atoms with Crippen LogP contribution in [0.1, 0.15) is 6.04 Å². The number of amides is 1. The molecule has 2 fully saturated rings. The van der Waals surface area contributed by atoms with E-state index in [1.165, 1.54) is 34.0 Å². The standard InChI is InChI=1S/C26H30FN5O7/c27-16-3-1-2-15(10-16)20-12-32(29-28-20)22-23(36)21(14-34)39-25(24(22)37)26(38)31-9-8-30(11-18(31)13-33)17-4-6-19(35)7-5-17/h1-7,10,12,18,21-25,33-37H,8-9,11,13-14H2/t18?,21-,22+,23+,24-,25-/m1/s1. The van der Waals surface area contributed by atoms with Gasteiger partial charge >= 0.3 is 0 Å². The van der Waals surface area contributed by atoms with E-state index in [1.54, 1.807) is 30.3 Å². The number of aromatic hydroxyl groups is 1. The number of carbonyl (C=O) groups excluding carboxylic acids is 1. The maximum absolute atomic E-state index is 13.7. The number of phenols is 1. The summed E-state index contributed by atoms with van der Waals surface area (Å²) in [7, 11) is 0. The number of aliphatic hydroxyl groups excluding tert-OH is 4. The first-order valence-corrected chi connectivity index (χ1v) is 12.6. The number of benzene rings is 2. The largest absolute Gasteiger partial charge is 0.508 e. The summed E-state index contributed by atoms with van der Waals surface area (Å²) in [5, 5.41) is 59.7. The molecule has 0 bridgehead atoms. The molecule has 2 aromatic carbocycles. The lowest BCUT2D eigenvalue weighted by atomic mass is 9.91. The second-order valence-corrected chi connectivity index (χ2v) is 9.67. The summed E-state index contributed by atoms with van der Waals surface area (Å²) in [6, 6.07) is 10.4. The average Bonchev–Trinajstić information content (AvgIpc) is 3.43. The average molecular weight is 544 g/mol. The van der Waals surface area contributed by atoms with Gasteiger partial charge in [-0.15, -0.1) is 5.10 Å². The predicted molar refractivity (Wildman–Crippen MR) is 135 cm³/mol. The van der Waals surface area contributed by atoms with Crippen LogP contribution in [0.5, 0.6) is 5.75 Å². The van der Waals surface area contributed by atoms with Crippen LogP contribution in [0.2, 0.25) is 0 Å². The molecular formula is C26H30FN5O7. The molecule has 6 atom stereocenters. The third kappa shape index (κ3) is 5.31. The first-order valence-electron chi connectivity index (χ1n) is 12.6. The highest BCUT2D eigenvalue weighted by atomic mass is 19.1. The van der Waals surface area contributed by atoms with Crippen LogP contribution in [0.3, 0.4) is 0 Å². The summed E-state index contributed by atoms with van der Waals surface area (Å²) in [6.07, 6.45) is -4.27. The minimum atomic E-state index is -1.58. The first-order chi connectivity index (χ1) is 18.8. The Morgan fingerprint density at radius 2 is 1.82 bits per heavy atom. The summed E-state index contributed by atoms with van der Waals surface area (Å²) in [5.41, 5.74) is 1.53. The third-order valence-electron chi connectivity index (χ3n) is 7.26. The Morgan fingerprint density at radius 3 is 2.51 bits per heavy atom. The Morgan fingerprint density at radius 1 is 1.05 bits per heavy atom. The Kier molecular flexibility index (Phi) is 7.77. The maximum Gasteiger partial charge on any atom is 0.254 e. The van der Waals surface area contributed by atoms with Gasteiger partial charge in [-0.1, -0.05) is 17.3 Å². The van der Waals surface area contributed by atoms with Gasteiger partial charge in [-0.05, 0) is 36.4 Å². The first kappa shape index (κ1) is 27.0. The van der Waals surface area contributed by atoms with Crippen molar-refractivity contribution in [1.82, 2.24) is 19.9 Å². The molecule has 208 valence electrons. The van der Waals surface area contributed by atoms with Crippen LogP contribution in [-0.2, 0) is 9.53 Å². The fourth-order valence-corrected chi connectivity index (χ4v) is 5.18. The number of rotatable bonds is 6. The van der Waals surface area contributed by atoms with Crippen molar-refractivity contribution in [2.24, 2.45) is 0 Å². The molecule has 1 aromatic heterocycles. The quantitative estimate of drug-likeness (QED) is 0.274. The molecule has 12 nitrogen and oxygen atoms in total. The number of hydrogen-bond acceptors (Lipinski definition) is 10. The molecule has 2 aliphatic rings. The van der Waals surface area contributed by atoms with Crippen molar-refractivity contribution in [3.8, 4) is 17.0 Å². The van der Waals surface area contributed by atoms with Crippen LogP contribution in [-0.4, -0.2) is 115 Å². The number of piperazine rings is 1. The van der Waals surface area contributed by atoms with Crippen LogP contribution in [0.25, 0.3) is 11.3 Å². The second-order valence-electron chi connectivity index (χ2n) is 9.67. The molecule has 0 aliphatic carbocycles. The monoisotopic (exact) mass is 543 g/mol. The maximum atomic E-state index is 13.7. The zero-order valence-corrected chi connectivity index (χ0v) is 20.9. The normalized spacial score (nSPS) is 27.5. The highest BCUT2D eigenvalue weighted by molar-refractivity contribution is 5.82. The number of carbonyl (C=O) groups is 1. The Bertz CT molecular complexity index is 1290. The minimum Gasteiger partial charge on any atom is -0.508 e. The summed E-state index contributed by atoms with van der Waals surface area (Å²) >= 11 is 0. The van der Waals surface area contributed by atoms with Crippen LogP contribution in [0.4, 0.5) is 10.1 Å². The van der Waals surface area contributed by atoms with Gasteiger partial charge in [0.25, 0.3) is 5.91 Å². The van der Waals surface area contributed by atoms with E-state index >= 15 is 0 Å². The van der Waals surface area contributed by atoms with Crippen molar-refractivity contribution in [3.63, 3.8) is 0 Å². The molecule has 0 spiro atoms. The van der Waals surface area contributed by atoms with Gasteiger partial charge in [0.1, 0.15) is 41.6 Å². The van der Waals surface area contributed by atoms with Gasteiger partial charge in [-0.2, -0.15) is 0 Å². The van der Waals surface area contributed by atoms with E-state index in [0.717, 1.165) is 5.69 Å². The zero-order chi connectivity index (χ0) is 27.7. The van der Waals surface area contributed by atoms with E-state index in [2.05, 4.69) is 10.3 Å². The predicted octanol–water partition coefficient (Wildman–Crippen LogP) is -0.478. The van der Waals surface area contributed by atoms with Crippen LogP contribution in [0, 0.1) is 5.82 Å². The summed E-state index contributed by atoms with van der Waals surface area (Å²) in [4.78, 5) is 17.0. The Balaban J connectivity index is 1.36. The molecule has 5 N–H and O–H groups in total. The van der Waals surface area contributed by atoms with Crippen molar-refractivity contribution in [2.45, 2.75) is 36.5 Å². The summed E-state index contributed by atoms with van der Waals surface area (Å²) in [6.45, 7) is -0.0469. The van der Waals surface area contributed by atoms with E-state index in [4.69, 9.17) is 4.74 Å². The molecule has 3 aromatic rings. The highest BCUT2D eigenvalue weighted by Gasteiger charge is 2.50. The Labute approximate surface area is 223 Å². The number of phenolic OH excluding ortho intramolecular Hbond substituents is 1. The van der Waals surface area contributed by atoms with Gasteiger partial charge < -0.3 is 40.1 Å². The van der Waals surface area contributed by atoms with Gasteiger partial charge in [0.2, 0.25) is 0 Å². The van der Waals surface area contributed by atoms with E-state index in [1.807, 2.05) is 4.90 Å². The van der Waals surface area contributed by atoms with E-state index in [9.17, 15) is 34.7 Å². The number of ether oxygens (including phenoxy) is 1. The van der Waals surface area contributed by atoms with Gasteiger partial charge in [0.05, 0.1) is 25.5 Å². The lowest BCUT2D eigenvalue weighted by Crippen LogP contribution is -2.64. The molecule has 2 aliphatic heterocycles. The summed E-state index contributed by atoms with van der Waals surface area (Å²) < 4.78 is 20.6. The molecule has 1 unspecified atom stereocenters. The van der Waals surface area contributed by atoms with Crippen LogP contribution in [0.15, 0.2) is 54.7 Å². The number of aliphatic hydroxyl groups is 4. The fourth-order valence-electron chi connectivity index (χ4n) is 5.18. The minimum absolute atomic E-state index is 0.125. The van der Waals surface area contributed by atoms with Gasteiger partial charge in [-0.25, -0.2) is 9.07 Å². The van der Waals surface area contributed by atoms with Gasteiger partial charge in [0.15, 0.2) is 6.10 Å². The second kappa shape index (κ2) is 11.2. The van der Waals surface area contributed by atoms with Crippen molar-refractivity contribution < 1.29 is 39.5 Å². The van der Waals surface area contributed by atoms with Gasteiger partial charge in [0, 0.05) is 30.9 Å².